The van der Waals surface area contributed by atoms with E-state index in [2.05, 4.69) is 20.6 Å². The Kier molecular flexibility index (Phi) is 10.8. The summed E-state index contributed by atoms with van der Waals surface area (Å²) in [5.41, 5.74) is -2.07. The van der Waals surface area contributed by atoms with E-state index in [0.29, 0.717) is 19.0 Å². The predicted octanol–water partition coefficient (Wildman–Crippen LogP) is 3.51. The Morgan fingerprint density at radius 1 is 1.28 bits per heavy atom. The quantitative estimate of drug-likeness (QED) is 0.245. The van der Waals surface area contributed by atoms with Crippen LogP contribution < -0.4 is 15.4 Å². The first kappa shape index (κ1) is 28.0. The van der Waals surface area contributed by atoms with Crippen LogP contribution in [0.3, 0.4) is 0 Å². The lowest BCUT2D eigenvalue weighted by atomic mass is 9.97. The molecule has 0 amide bonds. The number of aromatic nitrogens is 2. The Morgan fingerprint density at radius 3 is 2.53 bits per heavy atom. The van der Waals surface area contributed by atoms with Gasteiger partial charge in [0.05, 0.1) is 6.54 Å². The number of benzene rings is 1. The van der Waals surface area contributed by atoms with Crippen LogP contribution in [-0.4, -0.2) is 52.5 Å². The van der Waals surface area contributed by atoms with Gasteiger partial charge in [-0.1, -0.05) is 18.2 Å². The van der Waals surface area contributed by atoms with E-state index in [4.69, 9.17) is 4.74 Å². The van der Waals surface area contributed by atoms with Gasteiger partial charge in [-0.15, -0.1) is 24.0 Å². The van der Waals surface area contributed by atoms with E-state index in [0.717, 1.165) is 15.9 Å². The number of imidazole rings is 1. The van der Waals surface area contributed by atoms with Gasteiger partial charge >= 0.3 is 6.18 Å². The minimum Gasteiger partial charge on any atom is -0.489 e. The van der Waals surface area contributed by atoms with Crippen LogP contribution in [0, 0.1) is 6.92 Å². The molecule has 32 heavy (non-hydrogen) atoms. The number of halogens is 4. The zero-order chi connectivity index (χ0) is 23.1. The molecule has 0 fully saturated rings. The van der Waals surface area contributed by atoms with Crippen molar-refractivity contribution in [3.05, 3.63) is 48.0 Å². The van der Waals surface area contributed by atoms with Crippen molar-refractivity contribution in [3.8, 4) is 5.75 Å². The van der Waals surface area contributed by atoms with Gasteiger partial charge in [0, 0.05) is 39.0 Å². The molecule has 1 aromatic heterocycles. The summed E-state index contributed by atoms with van der Waals surface area (Å²) in [6.07, 6.45) is -3.15. The second-order valence-electron chi connectivity index (χ2n) is 7.31. The lowest BCUT2D eigenvalue weighted by molar-refractivity contribution is -0.272. The van der Waals surface area contributed by atoms with Crippen LogP contribution in [0.25, 0.3) is 0 Å². The molecule has 0 aliphatic rings. The molecule has 180 valence electrons. The highest BCUT2D eigenvalue weighted by molar-refractivity contribution is 14.0. The zero-order valence-electron chi connectivity index (χ0n) is 18.6. The van der Waals surface area contributed by atoms with Gasteiger partial charge in [0.1, 0.15) is 17.7 Å². The number of hydrogen-bond acceptors (Lipinski definition) is 4. The first-order valence-corrected chi connectivity index (χ1v) is 10.1. The molecule has 2 atom stereocenters. The van der Waals surface area contributed by atoms with E-state index in [-0.39, 0.29) is 36.6 Å². The lowest BCUT2D eigenvalue weighted by Gasteiger charge is -2.30. The number of hydrogen-bond donors (Lipinski definition) is 3. The van der Waals surface area contributed by atoms with Crippen LogP contribution >= 0.6 is 24.0 Å². The third kappa shape index (κ3) is 7.26. The fourth-order valence-corrected chi connectivity index (χ4v) is 3.01. The highest BCUT2D eigenvalue weighted by atomic mass is 127. The van der Waals surface area contributed by atoms with Crippen molar-refractivity contribution >= 4 is 29.9 Å². The third-order valence-electron chi connectivity index (χ3n) is 4.71. The topological polar surface area (TPSA) is 83.7 Å². The molecule has 0 aliphatic carbocycles. The standard InChI is InChI=1S/C21H30F3N5O2.HI/c1-5-25-19(28-14-16(3)31-17-9-7-6-8-15(17)2)27-11-10-20(30,21(22,23)24)18-26-12-13-29(18)4;/h6-9,12-13,16,30H,5,10-11,14H2,1-4H3,(H2,25,27,28);1H. The summed E-state index contributed by atoms with van der Waals surface area (Å²) in [4.78, 5) is 8.08. The zero-order valence-corrected chi connectivity index (χ0v) is 20.9. The number of guanidine groups is 1. The molecule has 0 spiro atoms. The highest BCUT2D eigenvalue weighted by Gasteiger charge is 2.57. The number of alkyl halides is 3. The normalized spacial score (nSPS) is 14.8. The number of nitrogens with zero attached hydrogens (tertiary/aromatic N) is 3. The molecular formula is C21H31F3IN5O2. The van der Waals surface area contributed by atoms with Gasteiger partial charge in [0.2, 0.25) is 5.60 Å². The molecular weight excluding hydrogens is 538 g/mol. The Morgan fingerprint density at radius 2 is 1.97 bits per heavy atom. The molecule has 7 nitrogen and oxygen atoms in total. The minimum absolute atomic E-state index is 0. The van der Waals surface area contributed by atoms with Crippen molar-refractivity contribution in [3.63, 3.8) is 0 Å². The van der Waals surface area contributed by atoms with Crippen molar-refractivity contribution < 1.29 is 23.0 Å². The largest absolute Gasteiger partial charge is 0.489 e. The maximum atomic E-state index is 13.6. The maximum Gasteiger partial charge on any atom is 0.424 e. The number of rotatable bonds is 9. The fraction of sp³-hybridized carbons (Fsp3) is 0.524. The van der Waals surface area contributed by atoms with Crippen LogP contribution in [0.5, 0.6) is 5.75 Å². The number of aryl methyl sites for hydroxylation is 2. The molecule has 0 saturated heterocycles. The molecule has 2 aromatic rings. The Hall–Kier alpha value is -2.02. The van der Waals surface area contributed by atoms with Gasteiger partial charge in [-0.25, -0.2) is 9.98 Å². The summed E-state index contributed by atoms with van der Waals surface area (Å²) >= 11 is 0. The molecule has 0 bridgehead atoms. The summed E-state index contributed by atoms with van der Waals surface area (Å²) in [6.45, 7) is 6.32. The van der Waals surface area contributed by atoms with Crippen molar-refractivity contribution in [1.82, 2.24) is 20.2 Å². The number of aliphatic imine (C=N–C) groups is 1. The first-order valence-electron chi connectivity index (χ1n) is 10.1. The molecule has 0 saturated carbocycles. The van der Waals surface area contributed by atoms with Crippen molar-refractivity contribution in [2.45, 2.75) is 45.1 Å². The van der Waals surface area contributed by atoms with Crippen LogP contribution in [0.15, 0.2) is 41.7 Å². The average Bonchev–Trinajstić information content (AvgIpc) is 3.13. The number of para-hydroxylation sites is 1. The van der Waals surface area contributed by atoms with Gasteiger partial charge in [-0.05, 0) is 32.4 Å². The van der Waals surface area contributed by atoms with Crippen LogP contribution in [0.2, 0.25) is 0 Å². The van der Waals surface area contributed by atoms with Gasteiger partial charge in [0.25, 0.3) is 0 Å². The summed E-state index contributed by atoms with van der Waals surface area (Å²) in [6, 6.07) is 7.62. The van der Waals surface area contributed by atoms with E-state index < -0.39 is 24.0 Å². The Bertz CT molecular complexity index is 875. The molecule has 1 heterocycles. The van der Waals surface area contributed by atoms with E-state index in [1.54, 1.807) is 0 Å². The summed E-state index contributed by atoms with van der Waals surface area (Å²) in [5, 5.41) is 16.2. The van der Waals surface area contributed by atoms with Gasteiger partial charge in [-0.2, -0.15) is 13.2 Å². The van der Waals surface area contributed by atoms with Crippen molar-refractivity contribution in [2.75, 3.05) is 19.6 Å². The molecule has 1 aromatic carbocycles. The van der Waals surface area contributed by atoms with Crippen molar-refractivity contribution in [2.24, 2.45) is 12.0 Å². The summed E-state index contributed by atoms with van der Waals surface area (Å²) in [7, 11) is 1.41. The fourth-order valence-electron chi connectivity index (χ4n) is 3.01. The average molecular weight is 569 g/mol. The Labute approximate surface area is 203 Å². The predicted molar refractivity (Wildman–Crippen MR) is 128 cm³/mol. The molecule has 2 unspecified atom stereocenters. The maximum absolute atomic E-state index is 13.6. The van der Waals surface area contributed by atoms with Crippen molar-refractivity contribution in [1.29, 1.82) is 0 Å². The molecule has 0 aliphatic heterocycles. The first-order chi connectivity index (χ1) is 14.6. The molecule has 2 rings (SSSR count). The second kappa shape index (κ2) is 12.3. The SMILES string of the molecule is CCNC(=NCC(C)Oc1ccccc1C)NCCC(O)(c1nccn1C)C(F)(F)F.I. The van der Waals surface area contributed by atoms with E-state index in [1.807, 2.05) is 45.0 Å². The summed E-state index contributed by atoms with van der Waals surface area (Å²) in [5.74, 6) is 0.643. The van der Waals surface area contributed by atoms with Crippen LogP contribution in [0.4, 0.5) is 13.2 Å². The van der Waals surface area contributed by atoms with Gasteiger partial charge in [0.15, 0.2) is 5.96 Å². The van der Waals surface area contributed by atoms with Gasteiger partial charge < -0.3 is 25.0 Å². The molecule has 3 N–H and O–H groups in total. The second-order valence-corrected chi connectivity index (χ2v) is 7.31. The smallest absolute Gasteiger partial charge is 0.424 e. The monoisotopic (exact) mass is 569 g/mol. The van der Waals surface area contributed by atoms with Gasteiger partial charge in [-0.3, -0.25) is 0 Å². The highest BCUT2D eigenvalue weighted by Crippen LogP contribution is 2.40. The lowest BCUT2D eigenvalue weighted by Crippen LogP contribution is -2.48. The summed E-state index contributed by atoms with van der Waals surface area (Å²) < 4.78 is 47.9. The van der Waals surface area contributed by atoms with E-state index >= 15 is 0 Å². The Balaban J connectivity index is 0.00000512. The van der Waals surface area contributed by atoms with Crippen LogP contribution in [-0.2, 0) is 12.6 Å². The number of aliphatic hydroxyl groups is 1. The van der Waals surface area contributed by atoms with Crippen LogP contribution in [0.1, 0.15) is 31.7 Å². The van der Waals surface area contributed by atoms with E-state index in [9.17, 15) is 18.3 Å². The number of ether oxygens (including phenoxy) is 1. The molecule has 0 radical (unpaired) electrons. The molecule has 11 heteroatoms. The van der Waals surface area contributed by atoms with E-state index in [1.165, 1.54) is 19.4 Å². The third-order valence-corrected chi connectivity index (χ3v) is 4.71. The minimum atomic E-state index is -4.88. The number of nitrogens with one attached hydrogen (secondary N) is 2.